The standard InChI is InChI=1S/C29H51N5O3S.C6H5F/c1-7-30-24(5)27(22(2)3)28(35)31-16-12-29(6,13-17-31)33-19-18-32(23(4)20-33)21-25-10-14-34(15-11-25)38(36,37)26-8-9-26;7-6-4-2-1-3-5-6/h23,25-26H,7-21H2,1-6H3;1-5H/t23-;/m0./s1. The number of carbonyl (C=O) groups is 1. The lowest BCUT2D eigenvalue weighted by molar-refractivity contribution is -0.129. The quantitative estimate of drug-likeness (QED) is 0.286. The van der Waals surface area contributed by atoms with Gasteiger partial charge in [-0.15, -0.1) is 0 Å². The zero-order chi connectivity index (χ0) is 32.8. The van der Waals surface area contributed by atoms with Crippen LogP contribution in [0.5, 0.6) is 0 Å². The lowest BCUT2D eigenvalue weighted by Crippen LogP contribution is -2.62. The second kappa shape index (κ2) is 15.6. The van der Waals surface area contributed by atoms with Crippen LogP contribution in [0, 0.1) is 11.7 Å². The molecule has 3 aliphatic heterocycles. The van der Waals surface area contributed by atoms with Gasteiger partial charge in [0.25, 0.3) is 5.91 Å². The number of piperazine rings is 1. The van der Waals surface area contributed by atoms with E-state index in [1.165, 1.54) is 12.1 Å². The third kappa shape index (κ3) is 9.24. The van der Waals surface area contributed by atoms with E-state index in [-0.39, 0.29) is 22.5 Å². The molecule has 0 bridgehead atoms. The molecule has 3 saturated heterocycles. The Kier molecular flexibility index (Phi) is 12.4. The Morgan fingerprint density at radius 3 is 2.07 bits per heavy atom. The number of allylic oxidation sites excluding steroid dienone is 1. The number of halogens is 1. The first-order valence-corrected chi connectivity index (χ1v) is 18.5. The van der Waals surface area contributed by atoms with Crippen LogP contribution in [0.4, 0.5) is 4.39 Å². The number of carbonyl (C=O) groups excluding carboxylic acids is 1. The Labute approximate surface area is 271 Å². The highest BCUT2D eigenvalue weighted by molar-refractivity contribution is 7.90. The van der Waals surface area contributed by atoms with Gasteiger partial charge in [-0.25, -0.2) is 17.1 Å². The molecule has 0 aromatic heterocycles. The van der Waals surface area contributed by atoms with Crippen molar-refractivity contribution in [2.75, 3.05) is 58.9 Å². The molecule has 8 nitrogen and oxygen atoms in total. The second-order valence-corrected chi connectivity index (χ2v) is 16.1. The van der Waals surface area contributed by atoms with Gasteiger partial charge in [-0.2, -0.15) is 0 Å². The molecular formula is C35H56FN5O3S. The first-order chi connectivity index (χ1) is 21.4. The van der Waals surface area contributed by atoms with E-state index in [0.29, 0.717) is 31.6 Å². The van der Waals surface area contributed by atoms with Crippen LogP contribution in [0.3, 0.4) is 0 Å². The Balaban J connectivity index is 0.000000580. The minimum atomic E-state index is -3.03. The molecule has 0 radical (unpaired) electrons. The van der Waals surface area contributed by atoms with Gasteiger partial charge in [-0.1, -0.05) is 23.8 Å². The minimum absolute atomic E-state index is 0.0909. The number of nitrogens with zero attached hydrogens (tertiary/aromatic N) is 5. The first kappa shape index (κ1) is 35.7. The smallest absolute Gasteiger partial charge is 0.255 e. The fraction of sp³-hybridized carbons (Fsp3) is 0.714. The highest BCUT2D eigenvalue weighted by Crippen LogP contribution is 2.34. The van der Waals surface area contributed by atoms with Crippen molar-refractivity contribution in [1.29, 1.82) is 0 Å². The van der Waals surface area contributed by atoms with Gasteiger partial charge < -0.3 is 4.90 Å². The molecule has 1 aliphatic carbocycles. The summed E-state index contributed by atoms with van der Waals surface area (Å²) in [6, 6.07) is 8.42. The van der Waals surface area contributed by atoms with Crippen LogP contribution in [0.25, 0.3) is 0 Å². The summed E-state index contributed by atoms with van der Waals surface area (Å²) in [5, 5.41) is -0.0909. The van der Waals surface area contributed by atoms with Gasteiger partial charge in [0, 0.05) is 76.2 Å². The lowest BCUT2D eigenvalue weighted by atomic mass is 9.85. The molecule has 5 rings (SSSR count). The molecule has 10 heteroatoms. The first-order valence-electron chi connectivity index (χ1n) is 17.0. The summed E-state index contributed by atoms with van der Waals surface area (Å²) in [6.45, 7) is 20.7. The van der Waals surface area contributed by atoms with Gasteiger partial charge in [0.1, 0.15) is 5.82 Å². The van der Waals surface area contributed by atoms with Gasteiger partial charge >= 0.3 is 0 Å². The van der Waals surface area contributed by atoms with E-state index in [1.807, 2.05) is 32.6 Å². The lowest BCUT2D eigenvalue weighted by Gasteiger charge is -2.52. The fourth-order valence-corrected chi connectivity index (χ4v) is 9.01. The Bertz CT molecular complexity index is 1290. The van der Waals surface area contributed by atoms with Crippen molar-refractivity contribution in [2.24, 2.45) is 10.9 Å². The molecule has 252 valence electrons. The Morgan fingerprint density at radius 1 is 0.956 bits per heavy atom. The number of aliphatic imine (C=N–C) groups is 1. The topological polar surface area (TPSA) is 76.5 Å². The van der Waals surface area contributed by atoms with Crippen molar-refractivity contribution in [3.63, 3.8) is 0 Å². The summed E-state index contributed by atoms with van der Waals surface area (Å²) in [6.07, 6.45) is 5.66. The van der Waals surface area contributed by atoms with Crippen LogP contribution in [-0.4, -0.2) is 115 Å². The number of amides is 1. The van der Waals surface area contributed by atoms with Crippen LogP contribution in [0.15, 0.2) is 46.5 Å². The van der Waals surface area contributed by atoms with Crippen LogP contribution < -0.4 is 0 Å². The predicted octanol–water partition coefficient (Wildman–Crippen LogP) is 5.22. The molecule has 1 aromatic carbocycles. The predicted molar refractivity (Wildman–Crippen MR) is 181 cm³/mol. The van der Waals surface area contributed by atoms with E-state index in [0.717, 1.165) is 94.7 Å². The zero-order valence-electron chi connectivity index (χ0n) is 28.5. The number of hydrogen-bond acceptors (Lipinski definition) is 6. The van der Waals surface area contributed by atoms with Gasteiger partial charge in [-0.05, 0) is 98.1 Å². The normalized spacial score (nSPS) is 24.1. The number of hydrogen-bond donors (Lipinski definition) is 0. The molecular weight excluding hydrogens is 589 g/mol. The van der Waals surface area contributed by atoms with Crippen LogP contribution in [-0.2, 0) is 14.8 Å². The molecule has 1 saturated carbocycles. The fourth-order valence-electron chi connectivity index (χ4n) is 7.14. The maximum atomic E-state index is 13.4. The van der Waals surface area contributed by atoms with Crippen LogP contribution in [0.2, 0.25) is 0 Å². The second-order valence-electron chi connectivity index (χ2n) is 13.9. The third-order valence-corrected chi connectivity index (χ3v) is 12.6. The summed E-state index contributed by atoms with van der Waals surface area (Å²) in [4.78, 5) is 25.2. The Hall–Kier alpha value is -2.14. The largest absolute Gasteiger partial charge is 0.338 e. The van der Waals surface area contributed by atoms with Crippen LogP contribution in [0.1, 0.15) is 80.1 Å². The van der Waals surface area contributed by atoms with Gasteiger partial charge in [0.15, 0.2) is 0 Å². The van der Waals surface area contributed by atoms with Crippen molar-refractivity contribution < 1.29 is 17.6 Å². The summed E-state index contributed by atoms with van der Waals surface area (Å²) in [5.41, 5.74) is 2.80. The van der Waals surface area contributed by atoms with Crippen LogP contribution >= 0.6 is 0 Å². The molecule has 1 atom stereocenters. The SMILES string of the molecule is CCN=C(C)C(C(=O)N1CCC(C)(N2CCN(CC3CCN(S(=O)(=O)C4CC4)CC3)[C@@H](C)C2)CC1)=C(C)C.Fc1ccccc1. The maximum Gasteiger partial charge on any atom is 0.255 e. The molecule has 0 spiro atoms. The Morgan fingerprint density at radius 2 is 1.58 bits per heavy atom. The summed E-state index contributed by atoms with van der Waals surface area (Å²) < 4.78 is 38.8. The number of sulfonamides is 1. The molecule has 4 fully saturated rings. The molecule has 0 N–H and O–H groups in total. The summed E-state index contributed by atoms with van der Waals surface area (Å²) in [7, 11) is -3.03. The molecule has 1 amide bonds. The zero-order valence-corrected chi connectivity index (χ0v) is 29.3. The number of benzene rings is 1. The highest BCUT2D eigenvalue weighted by atomic mass is 32.2. The summed E-state index contributed by atoms with van der Waals surface area (Å²) in [5.74, 6) is 0.543. The van der Waals surface area contributed by atoms with E-state index in [1.54, 1.807) is 22.5 Å². The van der Waals surface area contributed by atoms with Crippen molar-refractivity contribution in [3.8, 4) is 0 Å². The van der Waals surface area contributed by atoms with E-state index in [4.69, 9.17) is 0 Å². The molecule has 45 heavy (non-hydrogen) atoms. The van der Waals surface area contributed by atoms with Gasteiger partial charge in [0.05, 0.1) is 10.8 Å². The van der Waals surface area contributed by atoms with Gasteiger partial charge in [0.2, 0.25) is 10.0 Å². The van der Waals surface area contributed by atoms with E-state index in [2.05, 4.69) is 28.6 Å². The van der Waals surface area contributed by atoms with E-state index >= 15 is 0 Å². The number of likely N-dealkylation sites (tertiary alicyclic amines) is 1. The molecule has 4 aliphatic rings. The average molecular weight is 646 g/mol. The molecule has 0 unspecified atom stereocenters. The van der Waals surface area contributed by atoms with Gasteiger partial charge in [-0.3, -0.25) is 19.6 Å². The third-order valence-electron chi connectivity index (χ3n) is 10.2. The van der Waals surface area contributed by atoms with Crippen molar-refractivity contribution >= 4 is 21.6 Å². The average Bonchev–Trinajstić information content (AvgIpc) is 3.86. The number of rotatable bonds is 8. The highest BCUT2D eigenvalue weighted by Gasteiger charge is 2.43. The van der Waals surface area contributed by atoms with Crippen molar-refractivity contribution in [3.05, 3.63) is 47.3 Å². The van der Waals surface area contributed by atoms with Crippen molar-refractivity contribution in [1.82, 2.24) is 19.0 Å². The molecule has 1 aromatic rings. The minimum Gasteiger partial charge on any atom is -0.338 e. The summed E-state index contributed by atoms with van der Waals surface area (Å²) >= 11 is 0. The van der Waals surface area contributed by atoms with E-state index in [9.17, 15) is 17.6 Å². The number of piperidine rings is 2. The van der Waals surface area contributed by atoms with Crippen molar-refractivity contribution in [2.45, 2.75) is 96.9 Å². The molecule has 3 heterocycles. The van der Waals surface area contributed by atoms with E-state index < -0.39 is 10.0 Å². The monoisotopic (exact) mass is 645 g/mol. The maximum absolute atomic E-state index is 13.4.